The van der Waals surface area contributed by atoms with Crippen molar-refractivity contribution in [1.29, 1.82) is 0 Å². The maximum absolute atomic E-state index is 13.9. The third-order valence-electron chi connectivity index (χ3n) is 3.08. The van der Waals surface area contributed by atoms with Crippen LogP contribution in [-0.4, -0.2) is 0 Å². The first kappa shape index (κ1) is 15.4. The summed E-state index contributed by atoms with van der Waals surface area (Å²) in [6.07, 6.45) is 0. The van der Waals surface area contributed by atoms with Crippen molar-refractivity contribution in [2.75, 3.05) is 5.32 Å². The minimum atomic E-state index is -0.565. The summed E-state index contributed by atoms with van der Waals surface area (Å²) < 4.78 is 28.8. The highest BCUT2D eigenvalue weighted by molar-refractivity contribution is 9.10. The summed E-state index contributed by atoms with van der Waals surface area (Å²) in [5.74, 6) is -1.12. The molecular weight excluding hydrogens is 392 g/mol. The summed E-state index contributed by atoms with van der Waals surface area (Å²) in [5.41, 5.74) is 2.97. The first-order chi connectivity index (χ1) is 9.40. The zero-order chi connectivity index (χ0) is 14.9. The average molecular weight is 405 g/mol. The standard InChI is InChI=1S/C15H13Br2F2N/c1-8-5-10(16)6-9(2)15(8)20-7-11-13(18)4-3-12(17)14(11)19/h3-6,20H,7H2,1-2H3. The number of rotatable bonds is 3. The van der Waals surface area contributed by atoms with Gasteiger partial charge in [-0.2, -0.15) is 0 Å². The van der Waals surface area contributed by atoms with E-state index in [4.69, 9.17) is 0 Å². The van der Waals surface area contributed by atoms with E-state index < -0.39 is 11.6 Å². The third kappa shape index (κ3) is 3.20. The first-order valence-electron chi connectivity index (χ1n) is 6.03. The highest BCUT2D eigenvalue weighted by Gasteiger charge is 2.13. The zero-order valence-electron chi connectivity index (χ0n) is 11.0. The normalized spacial score (nSPS) is 10.7. The zero-order valence-corrected chi connectivity index (χ0v) is 14.2. The second kappa shape index (κ2) is 6.22. The van der Waals surface area contributed by atoms with Gasteiger partial charge in [-0.15, -0.1) is 0 Å². The second-order valence-electron chi connectivity index (χ2n) is 4.59. The molecule has 0 unspecified atom stereocenters. The van der Waals surface area contributed by atoms with Crippen LogP contribution < -0.4 is 5.32 Å². The van der Waals surface area contributed by atoms with Gasteiger partial charge in [0, 0.05) is 22.3 Å². The second-order valence-corrected chi connectivity index (χ2v) is 6.36. The highest BCUT2D eigenvalue weighted by atomic mass is 79.9. The molecule has 1 N–H and O–H groups in total. The van der Waals surface area contributed by atoms with E-state index in [1.165, 1.54) is 12.1 Å². The molecule has 2 aromatic rings. The lowest BCUT2D eigenvalue weighted by molar-refractivity contribution is 0.555. The Balaban J connectivity index is 2.28. The summed E-state index contributed by atoms with van der Waals surface area (Å²) in [6.45, 7) is 4.00. The molecule has 1 nitrogen and oxygen atoms in total. The van der Waals surface area contributed by atoms with E-state index in [2.05, 4.69) is 37.2 Å². The fourth-order valence-electron chi connectivity index (χ4n) is 2.10. The molecule has 5 heteroatoms. The molecule has 0 fully saturated rings. The van der Waals surface area contributed by atoms with Crippen LogP contribution in [0.3, 0.4) is 0 Å². The van der Waals surface area contributed by atoms with Crippen molar-refractivity contribution >= 4 is 37.5 Å². The van der Waals surface area contributed by atoms with E-state index in [0.29, 0.717) is 0 Å². The number of hydrogen-bond donors (Lipinski definition) is 1. The molecule has 0 heterocycles. The van der Waals surface area contributed by atoms with Crippen LogP contribution in [0.25, 0.3) is 0 Å². The minimum absolute atomic E-state index is 0.0288. The number of anilines is 1. The van der Waals surface area contributed by atoms with Gasteiger partial charge in [0.25, 0.3) is 0 Å². The summed E-state index contributed by atoms with van der Waals surface area (Å²) in [4.78, 5) is 0. The van der Waals surface area contributed by atoms with E-state index in [-0.39, 0.29) is 16.6 Å². The van der Waals surface area contributed by atoms with Crippen LogP contribution >= 0.6 is 31.9 Å². The lowest BCUT2D eigenvalue weighted by Gasteiger charge is -2.14. The predicted molar refractivity (Wildman–Crippen MR) is 85.0 cm³/mol. The smallest absolute Gasteiger partial charge is 0.145 e. The van der Waals surface area contributed by atoms with Crippen molar-refractivity contribution in [1.82, 2.24) is 0 Å². The SMILES string of the molecule is Cc1cc(Br)cc(C)c1NCc1c(F)ccc(Br)c1F. The van der Waals surface area contributed by atoms with Gasteiger partial charge in [-0.1, -0.05) is 15.9 Å². The van der Waals surface area contributed by atoms with Crippen molar-refractivity contribution in [3.05, 3.63) is 61.5 Å². The van der Waals surface area contributed by atoms with E-state index >= 15 is 0 Å². The Morgan fingerprint density at radius 1 is 1.05 bits per heavy atom. The van der Waals surface area contributed by atoms with Crippen LogP contribution in [0, 0.1) is 25.5 Å². The monoisotopic (exact) mass is 403 g/mol. The van der Waals surface area contributed by atoms with Gasteiger partial charge in [-0.05, 0) is 65.2 Å². The largest absolute Gasteiger partial charge is 0.380 e. The van der Waals surface area contributed by atoms with Gasteiger partial charge in [0.1, 0.15) is 11.6 Å². The van der Waals surface area contributed by atoms with Crippen molar-refractivity contribution in [3.8, 4) is 0 Å². The molecule has 0 aliphatic rings. The van der Waals surface area contributed by atoms with Gasteiger partial charge in [0.05, 0.1) is 4.47 Å². The Morgan fingerprint density at radius 2 is 1.65 bits per heavy atom. The van der Waals surface area contributed by atoms with E-state index in [1.807, 2.05) is 26.0 Å². The minimum Gasteiger partial charge on any atom is -0.380 e. The number of aryl methyl sites for hydroxylation is 2. The topological polar surface area (TPSA) is 12.0 Å². The molecule has 106 valence electrons. The molecule has 0 saturated carbocycles. The van der Waals surface area contributed by atoms with Crippen LogP contribution in [0.4, 0.5) is 14.5 Å². The van der Waals surface area contributed by atoms with E-state index in [9.17, 15) is 8.78 Å². The molecule has 0 aliphatic carbocycles. The Kier molecular flexibility index (Phi) is 4.81. The van der Waals surface area contributed by atoms with Crippen LogP contribution in [0.2, 0.25) is 0 Å². The third-order valence-corrected chi connectivity index (χ3v) is 4.15. The molecule has 0 atom stereocenters. The number of halogens is 4. The predicted octanol–water partition coefficient (Wildman–Crippen LogP) is 5.72. The summed E-state index contributed by atoms with van der Waals surface area (Å²) in [7, 11) is 0. The van der Waals surface area contributed by atoms with Gasteiger partial charge >= 0.3 is 0 Å². The maximum atomic E-state index is 13.9. The Hall–Kier alpha value is -0.940. The Bertz CT molecular complexity index is 634. The molecule has 0 bridgehead atoms. The van der Waals surface area contributed by atoms with Crippen LogP contribution in [0.1, 0.15) is 16.7 Å². The van der Waals surface area contributed by atoms with Crippen LogP contribution in [-0.2, 0) is 6.54 Å². The van der Waals surface area contributed by atoms with Crippen molar-refractivity contribution in [3.63, 3.8) is 0 Å². The quantitative estimate of drug-likeness (QED) is 0.645. The average Bonchev–Trinajstić information content (AvgIpc) is 2.36. The molecule has 0 saturated heterocycles. The first-order valence-corrected chi connectivity index (χ1v) is 7.61. The Morgan fingerprint density at radius 3 is 2.25 bits per heavy atom. The molecular formula is C15H13Br2F2N. The fraction of sp³-hybridized carbons (Fsp3) is 0.200. The van der Waals surface area contributed by atoms with Crippen LogP contribution in [0.5, 0.6) is 0 Å². The molecule has 0 amide bonds. The summed E-state index contributed by atoms with van der Waals surface area (Å²) >= 11 is 6.49. The van der Waals surface area contributed by atoms with E-state index in [1.54, 1.807) is 0 Å². The molecule has 0 aliphatic heterocycles. The Labute approximate surface area is 133 Å². The molecule has 2 aromatic carbocycles. The van der Waals surface area contributed by atoms with Gasteiger partial charge in [0.2, 0.25) is 0 Å². The number of benzene rings is 2. The molecule has 0 spiro atoms. The van der Waals surface area contributed by atoms with Gasteiger partial charge in [-0.3, -0.25) is 0 Å². The molecule has 0 aromatic heterocycles. The summed E-state index contributed by atoms with van der Waals surface area (Å²) in [5, 5.41) is 3.11. The van der Waals surface area contributed by atoms with Crippen LogP contribution in [0.15, 0.2) is 33.2 Å². The van der Waals surface area contributed by atoms with Gasteiger partial charge in [-0.25, -0.2) is 8.78 Å². The number of nitrogens with one attached hydrogen (secondary N) is 1. The molecule has 2 rings (SSSR count). The molecule has 20 heavy (non-hydrogen) atoms. The van der Waals surface area contributed by atoms with Crippen molar-refractivity contribution in [2.24, 2.45) is 0 Å². The fourth-order valence-corrected chi connectivity index (χ4v) is 3.16. The lowest BCUT2D eigenvalue weighted by atomic mass is 10.1. The molecule has 0 radical (unpaired) electrons. The maximum Gasteiger partial charge on any atom is 0.145 e. The highest BCUT2D eigenvalue weighted by Crippen LogP contribution is 2.27. The summed E-state index contributed by atoms with van der Waals surface area (Å²) in [6, 6.07) is 6.54. The van der Waals surface area contributed by atoms with Gasteiger partial charge in [0.15, 0.2) is 0 Å². The lowest BCUT2D eigenvalue weighted by Crippen LogP contribution is -2.07. The van der Waals surface area contributed by atoms with E-state index in [0.717, 1.165) is 21.3 Å². The van der Waals surface area contributed by atoms with Crippen molar-refractivity contribution < 1.29 is 8.78 Å². The van der Waals surface area contributed by atoms with Gasteiger partial charge < -0.3 is 5.32 Å². The number of hydrogen-bond acceptors (Lipinski definition) is 1. The van der Waals surface area contributed by atoms with Crippen molar-refractivity contribution in [2.45, 2.75) is 20.4 Å².